The van der Waals surface area contributed by atoms with E-state index in [1.165, 1.54) is 50.2 Å². The Morgan fingerprint density at radius 1 is 0.517 bits per heavy atom. The molecule has 0 bridgehead atoms. The molecule has 0 fully saturated rings. The van der Waals surface area contributed by atoms with Crippen molar-refractivity contribution in [1.82, 2.24) is 4.57 Å². The summed E-state index contributed by atoms with van der Waals surface area (Å²) in [4.78, 5) is 0. The zero-order valence-corrected chi connectivity index (χ0v) is 52.7. The van der Waals surface area contributed by atoms with E-state index < -0.39 is 12.2 Å². The molecule has 3 aliphatic rings. The number of furan rings is 1. The SMILES string of the molecule is C/C=C\C=C/c1ccc2c(c1OCO)C=Cc1c(cc(-n3c4ccc(NC5=CC=C(C)CC5)cc4c4cc(Nc5ccc(C)cc5)ccc43)c3c1oc1ccccc13)C21c2ccccc2-c2ccccc21.CC.CC.Cc1ccccc1.Cc1ccccc1. The lowest BCUT2D eigenvalue weighted by Gasteiger charge is -2.36. The van der Waals surface area contributed by atoms with Crippen LogP contribution in [-0.2, 0) is 5.41 Å². The Bertz CT molecular complexity index is 4570. The second-order valence-corrected chi connectivity index (χ2v) is 22.4. The van der Waals surface area contributed by atoms with E-state index in [0.717, 1.165) is 107 Å². The van der Waals surface area contributed by atoms with Gasteiger partial charge in [0.2, 0.25) is 0 Å². The topological polar surface area (TPSA) is 71.6 Å². The zero-order valence-electron chi connectivity index (χ0n) is 52.7. The fourth-order valence-corrected chi connectivity index (χ4v) is 12.8. The number of nitrogens with zero attached hydrogens (tertiary/aromatic N) is 1. The Labute approximate surface area is 525 Å². The summed E-state index contributed by atoms with van der Waals surface area (Å²) < 4.78 is 16.0. The van der Waals surface area contributed by atoms with E-state index in [-0.39, 0.29) is 0 Å². The first kappa shape index (κ1) is 60.5. The molecular formula is C83H79N3O3. The molecule has 6 nitrogen and oxygen atoms in total. The number of anilines is 3. The van der Waals surface area contributed by atoms with Gasteiger partial charge in [-0.1, -0.05) is 244 Å². The number of aryl methyl sites for hydroxylation is 3. The van der Waals surface area contributed by atoms with Gasteiger partial charge >= 0.3 is 0 Å². The van der Waals surface area contributed by atoms with Crippen molar-refractivity contribution in [3.05, 3.63) is 310 Å². The van der Waals surface area contributed by atoms with Crippen LogP contribution in [0.5, 0.6) is 5.75 Å². The van der Waals surface area contributed by atoms with E-state index in [0.29, 0.717) is 5.75 Å². The van der Waals surface area contributed by atoms with Gasteiger partial charge in [-0.2, -0.15) is 0 Å². The first-order chi connectivity index (χ1) is 43.7. The highest BCUT2D eigenvalue weighted by Crippen LogP contribution is 2.61. The van der Waals surface area contributed by atoms with Gasteiger partial charge < -0.3 is 29.5 Å². The van der Waals surface area contributed by atoms with Crippen molar-refractivity contribution < 1.29 is 14.3 Å². The molecule has 0 radical (unpaired) electrons. The number of aliphatic hydroxyl groups excluding tert-OH is 1. The number of hydrogen-bond donors (Lipinski definition) is 3. The highest BCUT2D eigenvalue weighted by molar-refractivity contribution is 6.17. The van der Waals surface area contributed by atoms with Crippen molar-refractivity contribution in [3.63, 3.8) is 0 Å². The molecule has 89 heavy (non-hydrogen) atoms. The predicted molar refractivity (Wildman–Crippen MR) is 380 cm³/mol. The van der Waals surface area contributed by atoms with Crippen molar-refractivity contribution in [1.29, 1.82) is 0 Å². The molecule has 3 aliphatic carbocycles. The highest BCUT2D eigenvalue weighted by Gasteiger charge is 2.50. The normalized spacial score (nSPS) is 13.1. The molecule has 0 saturated heterocycles. The van der Waals surface area contributed by atoms with E-state index in [2.05, 4.69) is 243 Å². The average molecular weight is 1170 g/mol. The molecule has 2 aromatic heterocycles. The number of aliphatic hydroxyl groups is 1. The van der Waals surface area contributed by atoms with Gasteiger partial charge in [-0.25, -0.2) is 0 Å². The number of para-hydroxylation sites is 1. The van der Waals surface area contributed by atoms with Crippen LogP contribution in [0.15, 0.2) is 258 Å². The van der Waals surface area contributed by atoms with E-state index >= 15 is 0 Å². The molecule has 0 saturated carbocycles. The zero-order chi connectivity index (χ0) is 62.0. The molecule has 12 aromatic rings. The smallest absolute Gasteiger partial charge is 0.186 e. The van der Waals surface area contributed by atoms with Crippen LogP contribution in [0.25, 0.3) is 78.8 Å². The number of allylic oxidation sites excluding steroid dienone is 7. The largest absolute Gasteiger partial charge is 0.466 e. The summed E-state index contributed by atoms with van der Waals surface area (Å²) in [6.07, 6.45) is 18.9. The maximum Gasteiger partial charge on any atom is 0.186 e. The second kappa shape index (κ2) is 27.3. The van der Waals surface area contributed by atoms with Gasteiger partial charge in [0.25, 0.3) is 0 Å². The molecule has 0 aliphatic heterocycles. The maximum absolute atomic E-state index is 10.6. The van der Waals surface area contributed by atoms with Crippen LogP contribution in [-0.4, -0.2) is 16.5 Å². The average Bonchev–Trinajstić information content (AvgIpc) is 1.54. The Hall–Kier alpha value is -10.1. The lowest BCUT2D eigenvalue weighted by atomic mass is 9.65. The molecule has 15 rings (SSSR count). The molecule has 2 heterocycles. The van der Waals surface area contributed by atoms with Crippen LogP contribution in [0.2, 0.25) is 0 Å². The number of rotatable bonds is 9. The first-order valence-corrected chi connectivity index (χ1v) is 31.4. The lowest BCUT2D eigenvalue weighted by molar-refractivity contribution is 0.0980. The first-order valence-electron chi connectivity index (χ1n) is 31.4. The van der Waals surface area contributed by atoms with E-state index in [4.69, 9.17) is 9.15 Å². The second-order valence-electron chi connectivity index (χ2n) is 22.4. The minimum Gasteiger partial charge on any atom is -0.466 e. The van der Waals surface area contributed by atoms with Crippen molar-refractivity contribution >= 4 is 79.0 Å². The molecule has 10 aromatic carbocycles. The molecular weight excluding hydrogens is 1090 g/mol. The monoisotopic (exact) mass is 1170 g/mol. The van der Waals surface area contributed by atoms with Crippen LogP contribution in [0.3, 0.4) is 0 Å². The third-order valence-corrected chi connectivity index (χ3v) is 16.7. The summed E-state index contributed by atoms with van der Waals surface area (Å²) in [6, 6.07) is 75.6. The van der Waals surface area contributed by atoms with Gasteiger partial charge in [0.1, 0.15) is 16.9 Å². The number of nitrogens with one attached hydrogen (secondary N) is 2. The summed E-state index contributed by atoms with van der Waals surface area (Å²) in [7, 11) is 0. The van der Waals surface area contributed by atoms with Crippen LogP contribution >= 0.6 is 0 Å². The Kier molecular flexibility index (Phi) is 18.6. The minimum absolute atomic E-state index is 0.471. The Morgan fingerprint density at radius 3 is 1.66 bits per heavy atom. The molecule has 3 N–H and O–H groups in total. The third-order valence-electron chi connectivity index (χ3n) is 16.7. The standard InChI is InChI=1S/C65H51N3O3.2C7H8.2C2H6/c1-4-5-6-13-42-24-33-56-49(63(42)70-39-69)31-32-50-57(65(56)54-17-10-7-14-47(54)48-15-8-11-18-55(48)65)38-60(62-51-16-9-12-19-61(51)71-64(50)62)68-58-34-29-45(66-43-25-20-40(2)21-26-43)36-52(58)53-37-46(30-35-59(53)68)67-44-27-22-41(3)23-28-44;2*1-7-5-3-2-4-6-7;2*1-2/h4-22,24-27,29-38,66-67,69H,23,28,39H2,1-3H3;2*2-6H,1H3;2*1-2H3/b5-4-,13-6-;;;;. The minimum atomic E-state index is -0.843. The molecule has 1 spiro atoms. The number of hydrogen-bond acceptors (Lipinski definition) is 5. The number of fused-ring (bicyclic) bond motifs is 16. The lowest BCUT2D eigenvalue weighted by Crippen LogP contribution is -2.30. The van der Waals surface area contributed by atoms with Crippen molar-refractivity contribution in [2.45, 2.75) is 80.6 Å². The Morgan fingerprint density at radius 2 is 1.08 bits per heavy atom. The summed E-state index contributed by atoms with van der Waals surface area (Å²) >= 11 is 0. The van der Waals surface area contributed by atoms with E-state index in [9.17, 15) is 5.11 Å². The fourth-order valence-electron chi connectivity index (χ4n) is 12.8. The summed E-state index contributed by atoms with van der Waals surface area (Å²) in [5.41, 5.74) is 23.2. The fraction of sp³-hybridized carbons (Fsp3) is 0.157. The van der Waals surface area contributed by atoms with Crippen molar-refractivity contribution in [2.75, 3.05) is 17.4 Å². The number of benzene rings is 10. The van der Waals surface area contributed by atoms with Gasteiger partial charge in [0.05, 0.1) is 27.5 Å². The molecule has 444 valence electrons. The van der Waals surface area contributed by atoms with Gasteiger partial charge in [-0.15, -0.1) is 0 Å². The molecule has 0 unspecified atom stereocenters. The maximum atomic E-state index is 10.6. The highest BCUT2D eigenvalue weighted by atomic mass is 16.6. The van der Waals surface area contributed by atoms with Gasteiger partial charge in [0, 0.05) is 55.6 Å². The summed E-state index contributed by atoms with van der Waals surface area (Å²) in [5, 5.41) is 22.4. The predicted octanol–water partition coefficient (Wildman–Crippen LogP) is 22.6. The van der Waals surface area contributed by atoms with Crippen molar-refractivity contribution in [3.8, 4) is 22.6 Å². The van der Waals surface area contributed by atoms with Crippen LogP contribution < -0.4 is 15.4 Å². The molecule has 0 amide bonds. The molecule has 6 heteroatoms. The summed E-state index contributed by atoms with van der Waals surface area (Å²) in [5.74, 6) is 0.620. The Balaban J connectivity index is 0.000000396. The number of ether oxygens (including phenoxy) is 1. The van der Waals surface area contributed by atoms with Gasteiger partial charge in [-0.05, 0) is 148 Å². The van der Waals surface area contributed by atoms with E-state index in [1.807, 2.05) is 95.3 Å². The van der Waals surface area contributed by atoms with E-state index in [1.54, 1.807) is 0 Å². The van der Waals surface area contributed by atoms with Gasteiger partial charge in [-0.3, -0.25) is 0 Å². The summed E-state index contributed by atoms with van der Waals surface area (Å²) in [6.45, 7) is 18.0. The van der Waals surface area contributed by atoms with Crippen molar-refractivity contribution in [2.24, 2.45) is 0 Å². The number of aromatic nitrogens is 1. The van der Waals surface area contributed by atoms with Gasteiger partial charge in [0.15, 0.2) is 6.79 Å². The quantitative estimate of drug-likeness (QED) is 0.0992. The van der Waals surface area contributed by atoms with Crippen LogP contribution in [0.1, 0.15) is 110 Å². The third kappa shape index (κ3) is 11.8. The van der Waals surface area contributed by atoms with Crippen LogP contribution in [0, 0.1) is 20.8 Å². The van der Waals surface area contributed by atoms with Crippen LogP contribution in [0.4, 0.5) is 17.1 Å². The molecule has 0 atom stereocenters.